The van der Waals surface area contributed by atoms with E-state index in [1.807, 2.05) is 20.8 Å². The normalized spacial score (nSPS) is 11.6. The van der Waals surface area contributed by atoms with Crippen LogP contribution < -0.4 is 5.32 Å². The van der Waals surface area contributed by atoms with E-state index >= 15 is 0 Å². The summed E-state index contributed by atoms with van der Waals surface area (Å²) in [6.45, 7) is 16.0. The molecule has 0 aliphatic carbocycles. The highest BCUT2D eigenvalue weighted by Gasteiger charge is 2.19. The number of rotatable bonds is 42. The number of benzene rings is 1. The Morgan fingerprint density at radius 2 is 0.810 bits per heavy atom. The van der Waals surface area contributed by atoms with Gasteiger partial charge in [0.05, 0.1) is 181 Å². The quantitative estimate of drug-likeness (QED) is 0.0431. The van der Waals surface area contributed by atoms with Gasteiger partial charge in [-0.1, -0.05) is 0 Å². The predicted molar refractivity (Wildman–Crippen MR) is 209 cm³/mol. The molecule has 0 aromatic heterocycles. The van der Waals surface area contributed by atoms with Crippen molar-refractivity contribution in [3.05, 3.63) is 38.4 Å². The summed E-state index contributed by atoms with van der Waals surface area (Å²) in [6, 6.07) is 3.42. The Bertz CT molecular complexity index is 1180. The Balaban J connectivity index is 1.70. The number of hydrogen-bond acceptors (Lipinski definition) is 19. The van der Waals surface area contributed by atoms with Crippen molar-refractivity contribution in [2.45, 2.75) is 32.8 Å². The molecule has 0 amide bonds. The highest BCUT2D eigenvalue weighted by atomic mass is 16.6. The van der Waals surface area contributed by atoms with Crippen LogP contribution in [0.5, 0.6) is 0 Å². The largest absolute Gasteiger partial charge is 0.460 e. The minimum atomic E-state index is -0.684. The molecule has 0 aliphatic rings. The van der Waals surface area contributed by atoms with Gasteiger partial charge in [-0.15, -0.1) is 0 Å². The number of ether oxygens (including phenoxy) is 13. The first-order valence-corrected chi connectivity index (χ1v) is 19.4. The lowest BCUT2D eigenvalue weighted by Crippen LogP contribution is -2.24. The molecule has 1 N–H and O–H groups in total. The lowest BCUT2D eigenvalue weighted by Gasteiger charge is -2.19. The highest BCUT2D eigenvalue weighted by molar-refractivity contribution is 5.69. The molecule has 21 heteroatoms. The van der Waals surface area contributed by atoms with E-state index in [0.717, 1.165) is 6.07 Å². The molecule has 0 aliphatic heterocycles. The van der Waals surface area contributed by atoms with Crippen LogP contribution in [0.15, 0.2) is 18.2 Å². The van der Waals surface area contributed by atoms with Crippen molar-refractivity contribution < 1.29 is 76.2 Å². The number of nitro benzene ring substituents is 2. The van der Waals surface area contributed by atoms with Crippen LogP contribution in [0.3, 0.4) is 0 Å². The Kier molecular flexibility index (Phi) is 33.6. The molecule has 0 fully saturated rings. The molecule has 0 radical (unpaired) electrons. The van der Waals surface area contributed by atoms with Crippen LogP contribution in [0, 0.1) is 20.2 Å². The average Bonchev–Trinajstić information content (AvgIpc) is 3.18. The first-order chi connectivity index (χ1) is 28.1. The summed E-state index contributed by atoms with van der Waals surface area (Å²) in [6.07, 6.45) is 0.219. The SMILES string of the molecule is CC(C)(C)OC(=O)CCOCCOCCOCCOCCOCCOCCOCCOCCOCCOCCOCCOCCNc1ccc([N+](=O)[O-])cc1[N+](=O)[O-]. The molecule has 58 heavy (non-hydrogen) atoms. The van der Waals surface area contributed by atoms with Crippen LogP contribution in [0.25, 0.3) is 0 Å². The zero-order chi connectivity index (χ0) is 42.4. The van der Waals surface area contributed by atoms with Crippen LogP contribution in [-0.4, -0.2) is 187 Å². The molecule has 0 bridgehead atoms. The topological polar surface area (TPSA) is 235 Å². The fraction of sp³-hybridized carbons (Fsp3) is 0.811. The molecule has 0 spiro atoms. The van der Waals surface area contributed by atoms with Gasteiger partial charge in [0.25, 0.3) is 11.4 Å². The molecular weight excluding hydrogens is 774 g/mol. The first kappa shape index (κ1) is 52.8. The van der Waals surface area contributed by atoms with Crippen LogP contribution in [-0.2, 0) is 66.4 Å². The van der Waals surface area contributed by atoms with Gasteiger partial charge in [-0.2, -0.15) is 0 Å². The zero-order valence-corrected chi connectivity index (χ0v) is 34.4. The minimum Gasteiger partial charge on any atom is -0.460 e. The smallest absolute Gasteiger partial charge is 0.308 e. The second-order valence-corrected chi connectivity index (χ2v) is 12.8. The summed E-state index contributed by atoms with van der Waals surface area (Å²) in [7, 11) is 0. The molecule has 336 valence electrons. The number of hydrogen-bond donors (Lipinski definition) is 1. The van der Waals surface area contributed by atoms with Gasteiger partial charge in [-0.05, 0) is 26.8 Å². The predicted octanol–water partition coefficient (Wildman–Crippen LogP) is 2.85. The summed E-state index contributed by atoms with van der Waals surface area (Å²) in [4.78, 5) is 32.2. The molecule has 0 saturated heterocycles. The van der Waals surface area contributed by atoms with Crippen molar-refractivity contribution in [3.8, 4) is 0 Å². The number of esters is 1. The van der Waals surface area contributed by atoms with Crippen LogP contribution >= 0.6 is 0 Å². The summed E-state index contributed by atoms with van der Waals surface area (Å²) in [5.74, 6) is -0.276. The molecule has 0 saturated carbocycles. The van der Waals surface area contributed by atoms with E-state index < -0.39 is 15.4 Å². The molecule has 0 unspecified atom stereocenters. The number of nitrogens with one attached hydrogen (secondary N) is 1. The van der Waals surface area contributed by atoms with Gasteiger partial charge >= 0.3 is 5.97 Å². The molecule has 0 heterocycles. The summed E-state index contributed by atoms with van der Waals surface area (Å²) in [5, 5.41) is 24.8. The van der Waals surface area contributed by atoms with E-state index in [9.17, 15) is 25.0 Å². The molecular formula is C37H65N3O18. The second kappa shape index (κ2) is 36.9. The lowest BCUT2D eigenvalue weighted by molar-refractivity contribution is -0.393. The molecule has 21 nitrogen and oxygen atoms in total. The van der Waals surface area contributed by atoms with Gasteiger partial charge in [0, 0.05) is 12.6 Å². The van der Waals surface area contributed by atoms with Crippen molar-refractivity contribution in [1.29, 1.82) is 0 Å². The molecule has 1 aromatic rings. The van der Waals surface area contributed by atoms with Crippen LogP contribution in [0.2, 0.25) is 0 Å². The van der Waals surface area contributed by atoms with Crippen molar-refractivity contribution in [2.75, 3.05) is 170 Å². The monoisotopic (exact) mass is 839 g/mol. The van der Waals surface area contributed by atoms with Gasteiger partial charge in [0.15, 0.2) is 0 Å². The number of carbonyl (C=O) groups excluding carboxylic acids is 1. The number of nitro groups is 2. The maximum atomic E-state index is 11.6. The number of carbonyl (C=O) groups is 1. The van der Waals surface area contributed by atoms with Gasteiger partial charge in [-0.25, -0.2) is 0 Å². The maximum absolute atomic E-state index is 11.6. The fourth-order valence-corrected chi connectivity index (χ4v) is 4.26. The highest BCUT2D eigenvalue weighted by Crippen LogP contribution is 2.28. The van der Waals surface area contributed by atoms with Crippen molar-refractivity contribution >= 4 is 23.0 Å². The third kappa shape index (κ3) is 33.7. The van der Waals surface area contributed by atoms with E-state index in [-0.39, 0.29) is 42.6 Å². The molecule has 1 aromatic carbocycles. The number of non-ortho nitro benzene ring substituents is 1. The number of nitrogens with zero attached hydrogens (tertiary/aromatic N) is 2. The van der Waals surface area contributed by atoms with Gasteiger partial charge in [0.1, 0.15) is 11.3 Å². The van der Waals surface area contributed by atoms with E-state index in [2.05, 4.69) is 5.32 Å². The van der Waals surface area contributed by atoms with Gasteiger partial charge < -0.3 is 66.9 Å². The summed E-state index contributed by atoms with van der Waals surface area (Å²) in [5.41, 5.74) is -1.02. The second-order valence-electron chi connectivity index (χ2n) is 12.8. The van der Waals surface area contributed by atoms with Crippen molar-refractivity contribution in [3.63, 3.8) is 0 Å². The summed E-state index contributed by atoms with van der Waals surface area (Å²) < 4.78 is 70.6. The van der Waals surface area contributed by atoms with Gasteiger partial charge in [0.2, 0.25) is 0 Å². The zero-order valence-electron chi connectivity index (χ0n) is 34.4. The van der Waals surface area contributed by atoms with Crippen molar-refractivity contribution in [1.82, 2.24) is 0 Å². The third-order valence-electron chi connectivity index (χ3n) is 6.91. The minimum absolute atomic E-state index is 0.181. The molecule has 1 rings (SSSR count). The Morgan fingerprint density at radius 3 is 1.10 bits per heavy atom. The first-order valence-electron chi connectivity index (χ1n) is 19.4. The Hall–Kier alpha value is -3.19. The van der Waals surface area contributed by atoms with Crippen molar-refractivity contribution in [2.24, 2.45) is 0 Å². The van der Waals surface area contributed by atoms with Gasteiger partial charge in [-0.3, -0.25) is 25.0 Å². The molecule has 0 atom stereocenters. The van der Waals surface area contributed by atoms with Crippen LogP contribution in [0.1, 0.15) is 27.2 Å². The van der Waals surface area contributed by atoms with E-state index in [4.69, 9.17) is 61.6 Å². The summed E-state index contributed by atoms with van der Waals surface area (Å²) >= 11 is 0. The maximum Gasteiger partial charge on any atom is 0.308 e. The van der Waals surface area contributed by atoms with E-state index in [1.165, 1.54) is 12.1 Å². The average molecular weight is 840 g/mol. The van der Waals surface area contributed by atoms with Crippen LogP contribution in [0.4, 0.5) is 17.1 Å². The van der Waals surface area contributed by atoms with E-state index in [1.54, 1.807) is 0 Å². The third-order valence-corrected chi connectivity index (χ3v) is 6.91. The number of anilines is 1. The fourth-order valence-electron chi connectivity index (χ4n) is 4.26. The van der Waals surface area contributed by atoms with E-state index in [0.29, 0.717) is 152 Å². The lowest BCUT2D eigenvalue weighted by atomic mass is 10.2. The Labute approximate surface area is 340 Å². The standard InChI is InChI=1S/C37H65N3O18/c1-37(2,3)58-36(41)6-8-46-10-12-48-14-16-50-18-20-52-22-24-54-26-28-56-30-31-57-29-27-55-25-23-53-21-19-51-17-15-49-13-11-47-9-7-38-34-5-4-33(39(42)43)32-35(34)40(44)45/h4-5,32,38H,6-31H2,1-3H3. The Morgan fingerprint density at radius 1 is 0.500 bits per heavy atom.